The van der Waals surface area contributed by atoms with E-state index in [1.807, 2.05) is 12.1 Å². The summed E-state index contributed by atoms with van der Waals surface area (Å²) in [5.41, 5.74) is 7.25. The van der Waals surface area contributed by atoms with Crippen LogP contribution in [0, 0.1) is 5.41 Å². The van der Waals surface area contributed by atoms with Gasteiger partial charge in [-0.2, -0.15) is 0 Å². The van der Waals surface area contributed by atoms with Gasteiger partial charge in [0, 0.05) is 30.3 Å². The van der Waals surface area contributed by atoms with Gasteiger partial charge in [0.05, 0.1) is 13.7 Å². The van der Waals surface area contributed by atoms with Gasteiger partial charge in [-0.25, -0.2) is 0 Å². The predicted octanol–water partition coefficient (Wildman–Crippen LogP) is 1.96. The smallest absolute Gasteiger partial charge is 0.123 e. The van der Waals surface area contributed by atoms with Gasteiger partial charge < -0.3 is 15.6 Å². The summed E-state index contributed by atoms with van der Waals surface area (Å²) < 4.78 is 5.41. The molecular weight excluding hydrogens is 266 g/mol. The van der Waals surface area contributed by atoms with Crippen LogP contribution in [0.25, 0.3) is 0 Å². The lowest BCUT2D eigenvalue weighted by molar-refractivity contribution is 0.135. The molecule has 0 spiro atoms. The first-order valence-electron chi connectivity index (χ1n) is 7.43. The summed E-state index contributed by atoms with van der Waals surface area (Å²) in [5, 5.41) is 16.9. The maximum absolute atomic E-state index is 9.30. The lowest BCUT2D eigenvalue weighted by atomic mass is 10.1. The van der Waals surface area contributed by atoms with Gasteiger partial charge in [-0.3, -0.25) is 10.3 Å². The second kappa shape index (κ2) is 8.64. The molecule has 5 nitrogen and oxygen atoms in total. The summed E-state index contributed by atoms with van der Waals surface area (Å²) in [6.45, 7) is 5.74. The highest BCUT2D eigenvalue weighted by atomic mass is 16.5. The van der Waals surface area contributed by atoms with Crippen molar-refractivity contribution in [3.05, 3.63) is 29.3 Å². The number of benzene rings is 1. The molecule has 1 aromatic rings. The van der Waals surface area contributed by atoms with Crippen molar-refractivity contribution in [3.8, 4) is 5.75 Å². The standard InChI is InChI=1S/C16H27N3O2/c1-4-14(5-2)19(8-9-20)11-13-10-12(16(17)18)6-7-15(13)21-3/h6-7,10,14,20H,4-5,8-9,11H2,1-3H3,(H3,17,18). The molecule has 4 N–H and O–H groups in total. The molecule has 0 aliphatic heterocycles. The van der Waals surface area contributed by atoms with Gasteiger partial charge in [-0.1, -0.05) is 13.8 Å². The number of rotatable bonds is 9. The monoisotopic (exact) mass is 293 g/mol. The Balaban J connectivity index is 3.05. The van der Waals surface area contributed by atoms with Crippen LogP contribution in [-0.2, 0) is 6.54 Å². The van der Waals surface area contributed by atoms with Crippen molar-refractivity contribution in [2.45, 2.75) is 39.3 Å². The molecule has 0 bridgehead atoms. The molecule has 1 rings (SSSR count). The Kier molecular flexibility index (Phi) is 7.19. The fourth-order valence-corrected chi connectivity index (χ4v) is 2.61. The molecule has 0 fully saturated rings. The number of nitrogen functional groups attached to an aromatic ring is 1. The summed E-state index contributed by atoms with van der Waals surface area (Å²) in [7, 11) is 1.64. The van der Waals surface area contributed by atoms with Crippen molar-refractivity contribution in [1.82, 2.24) is 4.90 Å². The van der Waals surface area contributed by atoms with E-state index in [1.54, 1.807) is 13.2 Å². The average molecular weight is 293 g/mol. The van der Waals surface area contributed by atoms with Crippen molar-refractivity contribution in [2.24, 2.45) is 5.73 Å². The topological polar surface area (TPSA) is 82.6 Å². The van der Waals surface area contributed by atoms with Crippen molar-refractivity contribution in [1.29, 1.82) is 5.41 Å². The van der Waals surface area contributed by atoms with Crippen LogP contribution >= 0.6 is 0 Å². The highest BCUT2D eigenvalue weighted by Crippen LogP contribution is 2.23. The SMILES string of the molecule is CCC(CC)N(CCO)Cc1cc(C(=N)N)ccc1OC. The molecular formula is C16H27N3O2. The molecule has 0 aliphatic carbocycles. The molecule has 0 saturated carbocycles. The zero-order chi connectivity index (χ0) is 15.8. The number of aliphatic hydroxyl groups is 1. The maximum atomic E-state index is 9.30. The lowest BCUT2D eigenvalue weighted by Gasteiger charge is -2.30. The molecule has 0 aliphatic rings. The number of nitrogens with two attached hydrogens (primary N) is 1. The third kappa shape index (κ3) is 4.72. The van der Waals surface area contributed by atoms with E-state index in [0.29, 0.717) is 24.7 Å². The summed E-state index contributed by atoms with van der Waals surface area (Å²) in [6.07, 6.45) is 2.07. The largest absolute Gasteiger partial charge is 0.496 e. The zero-order valence-corrected chi connectivity index (χ0v) is 13.2. The van der Waals surface area contributed by atoms with E-state index in [2.05, 4.69) is 18.7 Å². The summed E-state index contributed by atoms with van der Waals surface area (Å²) in [4.78, 5) is 2.25. The molecule has 0 saturated heterocycles. The molecule has 5 heteroatoms. The van der Waals surface area contributed by atoms with Gasteiger partial charge >= 0.3 is 0 Å². The number of amidine groups is 1. The van der Waals surface area contributed by atoms with E-state index in [0.717, 1.165) is 24.2 Å². The highest BCUT2D eigenvalue weighted by Gasteiger charge is 2.17. The number of nitrogens with one attached hydrogen (secondary N) is 1. The first-order valence-corrected chi connectivity index (χ1v) is 7.43. The van der Waals surface area contributed by atoms with Crippen molar-refractivity contribution in [2.75, 3.05) is 20.3 Å². The van der Waals surface area contributed by atoms with Crippen LogP contribution in [0.2, 0.25) is 0 Å². The lowest BCUT2D eigenvalue weighted by Crippen LogP contribution is -2.36. The Hall–Kier alpha value is -1.59. The van der Waals surface area contributed by atoms with Gasteiger partial charge in [-0.05, 0) is 31.0 Å². The number of hydrogen-bond donors (Lipinski definition) is 3. The van der Waals surface area contributed by atoms with Gasteiger partial charge in [0.15, 0.2) is 0 Å². The van der Waals surface area contributed by atoms with Crippen molar-refractivity contribution in [3.63, 3.8) is 0 Å². The Labute approximate surface area is 127 Å². The fourth-order valence-electron chi connectivity index (χ4n) is 2.61. The van der Waals surface area contributed by atoms with Crippen LogP contribution in [0.3, 0.4) is 0 Å². The Morgan fingerprint density at radius 3 is 2.52 bits per heavy atom. The summed E-state index contributed by atoms with van der Waals surface area (Å²) in [5.74, 6) is 0.837. The molecule has 118 valence electrons. The van der Waals surface area contributed by atoms with Gasteiger partial charge in [0.1, 0.15) is 11.6 Å². The van der Waals surface area contributed by atoms with Crippen molar-refractivity contribution >= 4 is 5.84 Å². The van der Waals surface area contributed by atoms with E-state index in [4.69, 9.17) is 15.9 Å². The number of aliphatic hydroxyl groups excluding tert-OH is 1. The number of nitrogens with zero attached hydrogens (tertiary/aromatic N) is 1. The number of hydrogen-bond acceptors (Lipinski definition) is 4. The predicted molar refractivity (Wildman–Crippen MR) is 85.9 cm³/mol. The molecule has 0 aromatic heterocycles. The van der Waals surface area contributed by atoms with E-state index in [9.17, 15) is 5.11 Å². The molecule has 0 amide bonds. The quantitative estimate of drug-likeness (QED) is 0.480. The third-order valence-electron chi connectivity index (χ3n) is 3.81. The number of ether oxygens (including phenoxy) is 1. The minimum atomic E-state index is 0.0511. The van der Waals surface area contributed by atoms with Gasteiger partial charge in [-0.15, -0.1) is 0 Å². The van der Waals surface area contributed by atoms with E-state index in [1.165, 1.54) is 0 Å². The van der Waals surface area contributed by atoms with Crippen LogP contribution in [0.1, 0.15) is 37.8 Å². The first-order chi connectivity index (χ1) is 10.1. The van der Waals surface area contributed by atoms with Crippen LogP contribution in [0.4, 0.5) is 0 Å². The molecule has 0 heterocycles. The van der Waals surface area contributed by atoms with E-state index < -0.39 is 0 Å². The highest BCUT2D eigenvalue weighted by molar-refractivity contribution is 5.95. The van der Waals surface area contributed by atoms with Crippen LogP contribution < -0.4 is 10.5 Å². The minimum absolute atomic E-state index is 0.0511. The molecule has 0 atom stereocenters. The second-order valence-corrected chi connectivity index (χ2v) is 5.10. The van der Waals surface area contributed by atoms with E-state index >= 15 is 0 Å². The van der Waals surface area contributed by atoms with Crippen LogP contribution in [0.5, 0.6) is 5.75 Å². The number of methoxy groups -OCH3 is 1. The van der Waals surface area contributed by atoms with E-state index in [-0.39, 0.29) is 12.4 Å². The summed E-state index contributed by atoms with van der Waals surface area (Å²) in [6, 6.07) is 5.95. The second-order valence-electron chi connectivity index (χ2n) is 5.10. The van der Waals surface area contributed by atoms with Gasteiger partial charge in [0.25, 0.3) is 0 Å². The first kappa shape index (κ1) is 17.5. The maximum Gasteiger partial charge on any atom is 0.123 e. The normalized spacial score (nSPS) is 11.1. The molecule has 1 aromatic carbocycles. The molecule has 0 unspecified atom stereocenters. The van der Waals surface area contributed by atoms with Crippen LogP contribution in [0.15, 0.2) is 18.2 Å². The summed E-state index contributed by atoms with van der Waals surface area (Å²) >= 11 is 0. The van der Waals surface area contributed by atoms with Gasteiger partial charge in [0.2, 0.25) is 0 Å². The minimum Gasteiger partial charge on any atom is -0.496 e. The fraction of sp³-hybridized carbons (Fsp3) is 0.562. The Bertz CT molecular complexity index is 459. The Morgan fingerprint density at radius 2 is 2.05 bits per heavy atom. The molecule has 21 heavy (non-hydrogen) atoms. The third-order valence-corrected chi connectivity index (χ3v) is 3.81. The Morgan fingerprint density at radius 1 is 1.38 bits per heavy atom. The van der Waals surface area contributed by atoms with Crippen LogP contribution in [-0.4, -0.2) is 42.1 Å². The zero-order valence-electron chi connectivity index (χ0n) is 13.2. The molecule has 0 radical (unpaired) electrons. The average Bonchev–Trinajstić information content (AvgIpc) is 2.48. The van der Waals surface area contributed by atoms with Crippen molar-refractivity contribution < 1.29 is 9.84 Å².